The average Bonchev–Trinajstić information content (AvgIpc) is 2.60. The number of hydrogen-bond acceptors (Lipinski definition) is 5. The van der Waals surface area contributed by atoms with Gasteiger partial charge in [-0.1, -0.05) is 48.5 Å². The minimum atomic E-state index is -1.14. The number of nitrogens with one attached hydrogen (secondary N) is 1. The van der Waals surface area contributed by atoms with Crippen molar-refractivity contribution in [1.82, 2.24) is 5.32 Å². The van der Waals surface area contributed by atoms with Gasteiger partial charge in [-0.25, -0.2) is 4.79 Å². The second-order valence-electron chi connectivity index (χ2n) is 5.15. The Morgan fingerprint density at radius 3 is 2.12 bits per heavy atom. The molecule has 0 radical (unpaired) electrons. The molecule has 7 heteroatoms. The molecule has 0 bridgehead atoms. The van der Waals surface area contributed by atoms with E-state index in [1.165, 1.54) is 18.7 Å². The molecule has 3 N–H and O–H groups in total. The second kappa shape index (κ2) is 8.89. The van der Waals surface area contributed by atoms with E-state index in [4.69, 9.17) is 10.5 Å². The van der Waals surface area contributed by atoms with Gasteiger partial charge in [0.05, 0.1) is 0 Å². The molecule has 2 aromatic rings. The molecule has 2 atom stereocenters. The Morgan fingerprint density at radius 2 is 1.56 bits per heavy atom. The quantitative estimate of drug-likeness (QED) is 0.611. The van der Waals surface area contributed by atoms with Crippen molar-refractivity contribution in [3.63, 3.8) is 0 Å². The first kappa shape index (κ1) is 18.5. The number of carbonyl (C=O) groups excluding carboxylic acids is 3. The standard InChI is InChI=1S/C18H18N2O4S/c1-12(16(21)20-18(19)23)24-17(22)15(13-8-4-2-5-9-13)25-14-10-6-3-7-11-14/h2-12,15H,1H3,(H3,19,20,21,23)/t12-,15+/m1/s1. The molecule has 130 valence electrons. The largest absolute Gasteiger partial charge is 0.451 e. The first-order valence-electron chi connectivity index (χ1n) is 7.55. The van der Waals surface area contributed by atoms with Gasteiger partial charge in [0.25, 0.3) is 5.91 Å². The van der Waals surface area contributed by atoms with Crippen molar-refractivity contribution < 1.29 is 19.1 Å². The molecule has 0 saturated heterocycles. The van der Waals surface area contributed by atoms with Crippen LogP contribution in [0.2, 0.25) is 0 Å². The summed E-state index contributed by atoms with van der Waals surface area (Å²) in [6.45, 7) is 1.38. The monoisotopic (exact) mass is 358 g/mol. The minimum Gasteiger partial charge on any atom is -0.451 e. The van der Waals surface area contributed by atoms with Gasteiger partial charge in [0.1, 0.15) is 5.25 Å². The van der Waals surface area contributed by atoms with Gasteiger partial charge < -0.3 is 10.5 Å². The van der Waals surface area contributed by atoms with Crippen LogP contribution >= 0.6 is 11.8 Å². The lowest BCUT2D eigenvalue weighted by atomic mass is 10.1. The number of rotatable bonds is 6. The summed E-state index contributed by atoms with van der Waals surface area (Å²) in [4.78, 5) is 36.0. The van der Waals surface area contributed by atoms with Crippen LogP contribution in [-0.4, -0.2) is 24.0 Å². The van der Waals surface area contributed by atoms with Crippen LogP contribution in [0.5, 0.6) is 0 Å². The topological polar surface area (TPSA) is 98.5 Å². The Morgan fingerprint density at radius 1 is 1.00 bits per heavy atom. The first-order valence-corrected chi connectivity index (χ1v) is 8.43. The lowest BCUT2D eigenvalue weighted by Gasteiger charge is -2.19. The van der Waals surface area contributed by atoms with Crippen molar-refractivity contribution >= 4 is 29.7 Å². The predicted molar refractivity (Wildman–Crippen MR) is 94.8 cm³/mol. The number of nitrogens with two attached hydrogens (primary N) is 1. The highest BCUT2D eigenvalue weighted by atomic mass is 32.2. The summed E-state index contributed by atoms with van der Waals surface area (Å²) in [6.07, 6.45) is -1.14. The molecule has 0 spiro atoms. The molecule has 6 nitrogen and oxygen atoms in total. The molecule has 0 aliphatic carbocycles. The van der Waals surface area contributed by atoms with Crippen molar-refractivity contribution in [3.8, 4) is 0 Å². The summed E-state index contributed by atoms with van der Waals surface area (Å²) in [5, 5.41) is 1.25. The van der Waals surface area contributed by atoms with Crippen molar-refractivity contribution in [3.05, 3.63) is 66.2 Å². The first-order chi connectivity index (χ1) is 12.0. The van der Waals surface area contributed by atoms with E-state index in [9.17, 15) is 14.4 Å². The van der Waals surface area contributed by atoms with Crippen molar-refractivity contribution in [2.24, 2.45) is 5.73 Å². The van der Waals surface area contributed by atoms with E-state index < -0.39 is 29.3 Å². The van der Waals surface area contributed by atoms with E-state index in [1.807, 2.05) is 66.0 Å². The fraction of sp³-hybridized carbons (Fsp3) is 0.167. The minimum absolute atomic E-state index is 0.577. The molecule has 25 heavy (non-hydrogen) atoms. The fourth-order valence-corrected chi connectivity index (χ4v) is 3.06. The number of primary amides is 1. The van der Waals surface area contributed by atoms with Crippen LogP contribution < -0.4 is 11.1 Å². The maximum Gasteiger partial charge on any atom is 0.324 e. The molecular weight excluding hydrogens is 340 g/mol. The molecule has 0 heterocycles. The van der Waals surface area contributed by atoms with Crippen LogP contribution in [-0.2, 0) is 14.3 Å². The zero-order chi connectivity index (χ0) is 18.2. The maximum absolute atomic E-state index is 12.6. The molecule has 2 aromatic carbocycles. The Bertz CT molecular complexity index is 737. The van der Waals surface area contributed by atoms with Gasteiger partial charge >= 0.3 is 12.0 Å². The summed E-state index contributed by atoms with van der Waals surface area (Å²) >= 11 is 1.32. The number of benzene rings is 2. The number of ether oxygens (including phenoxy) is 1. The van der Waals surface area contributed by atoms with E-state index >= 15 is 0 Å². The van der Waals surface area contributed by atoms with Gasteiger partial charge in [0.15, 0.2) is 6.10 Å². The van der Waals surface area contributed by atoms with E-state index in [0.717, 1.165) is 10.5 Å². The highest BCUT2D eigenvalue weighted by molar-refractivity contribution is 8.00. The molecule has 0 fully saturated rings. The van der Waals surface area contributed by atoms with Crippen molar-refractivity contribution in [2.75, 3.05) is 0 Å². The number of carbonyl (C=O) groups is 3. The number of urea groups is 1. The molecule has 0 aliphatic heterocycles. The summed E-state index contributed by atoms with van der Waals surface area (Å²) in [5.41, 5.74) is 5.65. The fourth-order valence-electron chi connectivity index (χ4n) is 2.03. The van der Waals surface area contributed by atoms with Gasteiger partial charge in [-0.2, -0.15) is 0 Å². The van der Waals surface area contributed by atoms with Gasteiger partial charge in [-0.15, -0.1) is 11.8 Å². The van der Waals surface area contributed by atoms with Crippen LogP contribution in [0.4, 0.5) is 4.79 Å². The Kier molecular flexibility index (Phi) is 6.59. The molecule has 0 saturated carbocycles. The lowest BCUT2D eigenvalue weighted by Crippen LogP contribution is -2.42. The third-order valence-corrected chi connectivity index (χ3v) is 4.47. The van der Waals surface area contributed by atoms with E-state index in [-0.39, 0.29) is 0 Å². The molecule has 2 rings (SSSR count). The zero-order valence-corrected chi connectivity index (χ0v) is 14.4. The van der Waals surface area contributed by atoms with Crippen LogP contribution in [0, 0.1) is 0 Å². The van der Waals surface area contributed by atoms with Crippen molar-refractivity contribution in [1.29, 1.82) is 0 Å². The number of esters is 1. The maximum atomic E-state index is 12.6. The third-order valence-electron chi connectivity index (χ3n) is 3.22. The molecule has 0 aliphatic rings. The highest BCUT2D eigenvalue weighted by Gasteiger charge is 2.27. The predicted octanol–water partition coefficient (Wildman–Crippen LogP) is 2.65. The number of hydrogen-bond donors (Lipinski definition) is 2. The number of imide groups is 1. The smallest absolute Gasteiger partial charge is 0.324 e. The van der Waals surface area contributed by atoms with E-state index in [1.54, 1.807) is 0 Å². The molecular formula is C18H18N2O4S. The summed E-state index contributed by atoms with van der Waals surface area (Å²) < 4.78 is 5.22. The molecule has 0 aromatic heterocycles. The third kappa shape index (κ3) is 5.65. The van der Waals surface area contributed by atoms with Crippen LogP contribution in [0.3, 0.4) is 0 Å². The zero-order valence-electron chi connectivity index (χ0n) is 13.5. The SMILES string of the molecule is C[C@@H](OC(=O)[C@@H](Sc1ccccc1)c1ccccc1)C(=O)NC(N)=O. The Hall–Kier alpha value is -2.80. The van der Waals surface area contributed by atoms with Gasteiger partial charge in [0.2, 0.25) is 0 Å². The average molecular weight is 358 g/mol. The van der Waals surface area contributed by atoms with Crippen molar-refractivity contribution in [2.45, 2.75) is 23.2 Å². The lowest BCUT2D eigenvalue weighted by molar-refractivity contribution is -0.154. The van der Waals surface area contributed by atoms with Crippen LogP contribution in [0.15, 0.2) is 65.6 Å². The van der Waals surface area contributed by atoms with Gasteiger partial charge in [-0.05, 0) is 24.6 Å². The van der Waals surface area contributed by atoms with E-state index in [0.29, 0.717) is 0 Å². The summed E-state index contributed by atoms with van der Waals surface area (Å²) in [7, 11) is 0. The van der Waals surface area contributed by atoms with Crippen LogP contribution in [0.25, 0.3) is 0 Å². The molecule has 3 amide bonds. The highest BCUT2D eigenvalue weighted by Crippen LogP contribution is 2.36. The van der Waals surface area contributed by atoms with Gasteiger partial charge in [-0.3, -0.25) is 14.9 Å². The normalized spacial score (nSPS) is 12.7. The molecule has 0 unspecified atom stereocenters. The number of amides is 3. The summed E-state index contributed by atoms with van der Waals surface area (Å²) in [5.74, 6) is -1.34. The second-order valence-corrected chi connectivity index (χ2v) is 6.33. The Balaban J connectivity index is 2.16. The number of thioether (sulfide) groups is 1. The van der Waals surface area contributed by atoms with E-state index in [2.05, 4.69) is 0 Å². The van der Waals surface area contributed by atoms with Crippen LogP contribution in [0.1, 0.15) is 17.7 Å². The summed E-state index contributed by atoms with van der Waals surface area (Å²) in [6, 6.07) is 17.5. The van der Waals surface area contributed by atoms with Gasteiger partial charge in [0, 0.05) is 4.90 Å². The Labute approximate surface area is 149 Å².